The summed E-state index contributed by atoms with van der Waals surface area (Å²) in [5.41, 5.74) is 0.398. The highest BCUT2D eigenvalue weighted by Crippen LogP contribution is 2.52. The van der Waals surface area contributed by atoms with Gasteiger partial charge in [-0.1, -0.05) is 20.8 Å². The van der Waals surface area contributed by atoms with Crippen LogP contribution in [-0.4, -0.2) is 18.5 Å². The Hall–Kier alpha value is -0.120. The van der Waals surface area contributed by atoms with Gasteiger partial charge in [0.2, 0.25) is 0 Å². The maximum absolute atomic E-state index is 5.68. The minimum absolute atomic E-state index is 0.0249. The fourth-order valence-electron chi connectivity index (χ4n) is 3.80. The summed E-state index contributed by atoms with van der Waals surface area (Å²) < 4.78 is 5.55. The first-order valence-electron chi connectivity index (χ1n) is 6.97. The van der Waals surface area contributed by atoms with Crippen molar-refractivity contribution in [2.45, 2.75) is 64.8 Å². The van der Waals surface area contributed by atoms with Gasteiger partial charge in [-0.05, 0) is 43.4 Å². The van der Waals surface area contributed by atoms with Crippen molar-refractivity contribution in [3.05, 3.63) is 0 Å². The Morgan fingerprint density at radius 1 is 1.06 bits per heavy atom. The Bertz CT molecular complexity index is 286. The van der Waals surface area contributed by atoms with E-state index in [9.17, 15) is 0 Å². The van der Waals surface area contributed by atoms with Crippen molar-refractivity contribution in [3.8, 4) is 0 Å². The molecule has 3 rings (SSSR count). The van der Waals surface area contributed by atoms with Gasteiger partial charge in [-0.15, -0.1) is 0 Å². The van der Waals surface area contributed by atoms with Crippen molar-refractivity contribution in [2.75, 3.05) is 6.61 Å². The molecule has 2 atom stereocenters. The van der Waals surface area contributed by atoms with E-state index in [4.69, 9.17) is 14.5 Å². The van der Waals surface area contributed by atoms with Crippen molar-refractivity contribution >= 4 is 0 Å². The highest BCUT2D eigenvalue weighted by molar-refractivity contribution is 4.98. The second-order valence-electron chi connectivity index (χ2n) is 7.02. The molecule has 3 nitrogen and oxygen atoms in total. The Balaban J connectivity index is 1.68. The van der Waals surface area contributed by atoms with Gasteiger partial charge in [0.1, 0.15) is 5.60 Å². The topological polar surface area (TPSA) is 27.7 Å². The van der Waals surface area contributed by atoms with E-state index in [1.54, 1.807) is 0 Å². The Kier molecular flexibility index (Phi) is 2.77. The fourth-order valence-corrected chi connectivity index (χ4v) is 3.80. The van der Waals surface area contributed by atoms with E-state index in [1.165, 1.54) is 12.8 Å². The van der Waals surface area contributed by atoms with E-state index in [-0.39, 0.29) is 11.9 Å². The predicted molar refractivity (Wildman–Crippen MR) is 64.2 cm³/mol. The molecule has 98 valence electrons. The highest BCUT2D eigenvalue weighted by Gasteiger charge is 2.56. The zero-order chi connectivity index (χ0) is 12.1. The third-order valence-electron chi connectivity index (χ3n) is 5.08. The minimum Gasteiger partial charge on any atom is -0.349 e. The van der Waals surface area contributed by atoms with Crippen LogP contribution in [0.4, 0.5) is 0 Å². The maximum Gasteiger partial charge on any atom is 0.196 e. The smallest absolute Gasteiger partial charge is 0.196 e. The van der Waals surface area contributed by atoms with E-state index in [0.29, 0.717) is 11.3 Å². The summed E-state index contributed by atoms with van der Waals surface area (Å²) in [6.07, 6.45) is 5.82. The molecule has 17 heavy (non-hydrogen) atoms. The third-order valence-corrected chi connectivity index (χ3v) is 5.08. The molecule has 2 heterocycles. The molecule has 2 saturated heterocycles. The Morgan fingerprint density at radius 2 is 1.76 bits per heavy atom. The van der Waals surface area contributed by atoms with Crippen LogP contribution in [0.2, 0.25) is 0 Å². The van der Waals surface area contributed by atoms with Gasteiger partial charge in [0.25, 0.3) is 0 Å². The zero-order valence-corrected chi connectivity index (χ0v) is 11.2. The normalized spacial score (nSPS) is 46.4. The van der Waals surface area contributed by atoms with Gasteiger partial charge in [0.05, 0.1) is 6.61 Å². The summed E-state index contributed by atoms with van der Waals surface area (Å²) in [6, 6.07) is 0. The minimum atomic E-state index is -0.0822. The lowest BCUT2D eigenvalue weighted by Gasteiger charge is -2.42. The monoisotopic (exact) mass is 240 g/mol. The first-order valence-corrected chi connectivity index (χ1v) is 6.97. The maximum atomic E-state index is 5.68. The highest BCUT2D eigenvalue weighted by atomic mass is 17.2. The molecule has 0 aromatic heterocycles. The first-order chi connectivity index (χ1) is 8.01. The second-order valence-corrected chi connectivity index (χ2v) is 7.02. The summed E-state index contributed by atoms with van der Waals surface area (Å²) in [7, 11) is 0. The second kappa shape index (κ2) is 3.94. The number of rotatable bonds is 0. The Labute approximate surface area is 104 Å². The van der Waals surface area contributed by atoms with Gasteiger partial charge in [0.15, 0.2) is 6.29 Å². The molecule has 0 bridgehead atoms. The average Bonchev–Trinajstić information content (AvgIpc) is 2.83. The number of ether oxygens (including phenoxy) is 1. The molecule has 0 aromatic carbocycles. The van der Waals surface area contributed by atoms with Crippen molar-refractivity contribution in [2.24, 2.45) is 17.3 Å². The van der Waals surface area contributed by atoms with E-state index < -0.39 is 0 Å². The molecule has 1 saturated carbocycles. The molecule has 2 aliphatic heterocycles. The van der Waals surface area contributed by atoms with E-state index in [1.807, 2.05) is 0 Å². The summed E-state index contributed by atoms with van der Waals surface area (Å²) >= 11 is 0. The van der Waals surface area contributed by atoms with Crippen LogP contribution in [0, 0.1) is 17.3 Å². The summed E-state index contributed by atoms with van der Waals surface area (Å²) in [5, 5.41) is 0. The lowest BCUT2D eigenvalue weighted by atomic mass is 9.65. The van der Waals surface area contributed by atoms with E-state index in [0.717, 1.165) is 31.8 Å². The van der Waals surface area contributed by atoms with Crippen LogP contribution < -0.4 is 0 Å². The van der Waals surface area contributed by atoms with E-state index >= 15 is 0 Å². The first kappa shape index (κ1) is 11.9. The Morgan fingerprint density at radius 3 is 2.41 bits per heavy atom. The number of hydrogen-bond acceptors (Lipinski definition) is 3. The zero-order valence-electron chi connectivity index (χ0n) is 11.2. The molecule has 0 unspecified atom stereocenters. The lowest BCUT2D eigenvalue weighted by Crippen LogP contribution is -2.42. The third kappa shape index (κ3) is 1.92. The standard InChI is InChI=1S/C14H24O3/c1-13(2,3)10-4-7-14(8-5-10)11-6-9-15-12(11)16-17-14/h10-12H,4-9H2,1-3H3/t10?,11-,12-,14?/m1/s1. The lowest BCUT2D eigenvalue weighted by molar-refractivity contribution is -0.366. The summed E-state index contributed by atoms with van der Waals surface area (Å²) in [5.74, 6) is 1.29. The summed E-state index contributed by atoms with van der Waals surface area (Å²) in [6.45, 7) is 7.89. The fraction of sp³-hybridized carbons (Fsp3) is 1.00. The van der Waals surface area contributed by atoms with Gasteiger partial charge < -0.3 is 4.74 Å². The molecule has 3 heteroatoms. The van der Waals surface area contributed by atoms with Gasteiger partial charge in [-0.25, -0.2) is 9.78 Å². The van der Waals surface area contributed by atoms with Crippen LogP contribution in [0.5, 0.6) is 0 Å². The van der Waals surface area contributed by atoms with Crippen LogP contribution in [0.15, 0.2) is 0 Å². The predicted octanol–water partition coefficient (Wildman–Crippen LogP) is 3.29. The van der Waals surface area contributed by atoms with Gasteiger partial charge >= 0.3 is 0 Å². The molecule has 0 N–H and O–H groups in total. The van der Waals surface area contributed by atoms with Crippen molar-refractivity contribution in [1.29, 1.82) is 0 Å². The van der Waals surface area contributed by atoms with Crippen molar-refractivity contribution in [3.63, 3.8) is 0 Å². The molecule has 3 fully saturated rings. The molecule has 3 aliphatic rings. The van der Waals surface area contributed by atoms with Gasteiger partial charge in [0, 0.05) is 5.92 Å². The van der Waals surface area contributed by atoms with Crippen LogP contribution >= 0.6 is 0 Å². The SMILES string of the molecule is CC(C)(C)C1CCC2(CC1)OO[C@H]1OCC[C@H]12. The van der Waals surface area contributed by atoms with Crippen molar-refractivity contribution in [1.82, 2.24) is 0 Å². The van der Waals surface area contributed by atoms with Crippen LogP contribution in [0.1, 0.15) is 52.9 Å². The summed E-state index contributed by atoms with van der Waals surface area (Å²) in [4.78, 5) is 11.1. The van der Waals surface area contributed by atoms with Crippen LogP contribution in [-0.2, 0) is 14.5 Å². The number of hydrogen-bond donors (Lipinski definition) is 0. The number of fused-ring (bicyclic) bond motifs is 2. The molecule has 1 spiro atoms. The van der Waals surface area contributed by atoms with Gasteiger partial charge in [-0.2, -0.15) is 0 Å². The largest absolute Gasteiger partial charge is 0.349 e. The molecule has 1 aliphatic carbocycles. The molecule has 0 radical (unpaired) electrons. The quantitative estimate of drug-likeness (QED) is 0.608. The van der Waals surface area contributed by atoms with Crippen LogP contribution in [0.3, 0.4) is 0 Å². The average molecular weight is 240 g/mol. The van der Waals surface area contributed by atoms with Crippen molar-refractivity contribution < 1.29 is 14.5 Å². The molecule has 0 amide bonds. The van der Waals surface area contributed by atoms with Crippen LogP contribution in [0.25, 0.3) is 0 Å². The molecule has 0 aromatic rings. The van der Waals surface area contributed by atoms with Gasteiger partial charge in [-0.3, -0.25) is 0 Å². The molecular weight excluding hydrogens is 216 g/mol. The van der Waals surface area contributed by atoms with E-state index in [2.05, 4.69) is 20.8 Å². The molecular formula is C14H24O3.